The third kappa shape index (κ3) is 3.43. The highest BCUT2D eigenvalue weighted by Crippen LogP contribution is 2.36. The van der Waals surface area contributed by atoms with E-state index in [-0.39, 0.29) is 10.8 Å². The predicted molar refractivity (Wildman–Crippen MR) is 109 cm³/mol. The number of aromatic nitrogens is 3. The summed E-state index contributed by atoms with van der Waals surface area (Å²) in [5.74, 6) is 0.672. The van der Waals surface area contributed by atoms with E-state index in [1.54, 1.807) is 29.2 Å². The van der Waals surface area contributed by atoms with E-state index in [1.165, 1.54) is 5.56 Å². The zero-order chi connectivity index (χ0) is 18.1. The van der Waals surface area contributed by atoms with Crippen molar-refractivity contribution >= 4 is 34.0 Å². The second kappa shape index (κ2) is 7.05. The van der Waals surface area contributed by atoms with Crippen LogP contribution in [-0.2, 0) is 0 Å². The predicted octanol–water partition coefficient (Wildman–Crippen LogP) is 5.21. The first-order valence-electron chi connectivity index (χ1n) is 8.28. The summed E-state index contributed by atoms with van der Waals surface area (Å²) in [6.45, 7) is 4.11. The Morgan fingerprint density at radius 1 is 1.08 bits per heavy atom. The molecule has 4 aromatic rings. The molecule has 0 saturated heterocycles. The summed E-state index contributed by atoms with van der Waals surface area (Å²) in [6.07, 6.45) is 0. The molecule has 4 nitrogen and oxygen atoms in total. The average molecular weight is 380 g/mol. The summed E-state index contributed by atoms with van der Waals surface area (Å²) in [4.78, 5) is 24.5. The molecule has 0 saturated carbocycles. The minimum absolute atomic E-state index is 0.00400. The highest BCUT2D eigenvalue weighted by atomic mass is 32.2. The molecule has 0 fully saturated rings. The minimum atomic E-state index is -0.0995. The van der Waals surface area contributed by atoms with Crippen LogP contribution in [-0.4, -0.2) is 15.0 Å². The smallest absolute Gasteiger partial charge is 0.258 e. The van der Waals surface area contributed by atoms with Crippen LogP contribution >= 0.6 is 23.1 Å². The molecule has 1 N–H and O–H groups in total. The Hall–Kier alpha value is -2.44. The highest BCUT2D eigenvalue weighted by molar-refractivity contribution is 8.01. The quantitative estimate of drug-likeness (QED) is 0.495. The number of aromatic amines is 1. The summed E-state index contributed by atoms with van der Waals surface area (Å²) in [5, 5.41) is 2.68. The van der Waals surface area contributed by atoms with Gasteiger partial charge in [0.25, 0.3) is 5.56 Å². The van der Waals surface area contributed by atoms with Crippen molar-refractivity contribution in [2.45, 2.75) is 23.4 Å². The number of thioether (sulfide) groups is 1. The van der Waals surface area contributed by atoms with E-state index >= 15 is 0 Å². The van der Waals surface area contributed by atoms with Crippen molar-refractivity contribution in [1.82, 2.24) is 15.0 Å². The highest BCUT2D eigenvalue weighted by Gasteiger charge is 2.15. The van der Waals surface area contributed by atoms with Gasteiger partial charge in [0.05, 0.1) is 21.8 Å². The Labute approximate surface area is 159 Å². The first-order chi connectivity index (χ1) is 12.6. The molecule has 0 radical (unpaired) electrons. The van der Waals surface area contributed by atoms with Gasteiger partial charge in [-0.1, -0.05) is 53.7 Å². The monoisotopic (exact) mass is 379 g/mol. The third-order valence-electron chi connectivity index (χ3n) is 4.12. The Morgan fingerprint density at radius 2 is 1.85 bits per heavy atom. The summed E-state index contributed by atoms with van der Waals surface area (Å²) < 4.78 is 0.962. The summed E-state index contributed by atoms with van der Waals surface area (Å²) in [5.41, 5.74) is 3.95. The molecule has 0 aliphatic carbocycles. The van der Waals surface area contributed by atoms with Gasteiger partial charge in [-0.05, 0) is 26.0 Å². The molecule has 4 rings (SSSR count). The van der Waals surface area contributed by atoms with E-state index in [2.05, 4.69) is 46.5 Å². The molecule has 0 bridgehead atoms. The maximum atomic E-state index is 12.3. The van der Waals surface area contributed by atoms with Crippen LogP contribution in [0.15, 0.2) is 63.0 Å². The third-order valence-corrected chi connectivity index (χ3v) is 6.21. The maximum Gasteiger partial charge on any atom is 0.258 e. The number of hydrogen-bond donors (Lipinski definition) is 1. The molecule has 0 aliphatic rings. The molecule has 0 aliphatic heterocycles. The lowest BCUT2D eigenvalue weighted by molar-refractivity contribution is 0.921. The molecule has 2 aromatic heterocycles. The Bertz CT molecular complexity index is 1120. The normalized spacial score (nSPS) is 12.4. The molecule has 0 amide bonds. The molecule has 26 heavy (non-hydrogen) atoms. The van der Waals surface area contributed by atoms with Gasteiger partial charge in [-0.15, -0.1) is 11.3 Å². The Morgan fingerprint density at radius 3 is 2.65 bits per heavy atom. The lowest BCUT2D eigenvalue weighted by atomic mass is 10.1. The van der Waals surface area contributed by atoms with Crippen molar-refractivity contribution in [2.24, 2.45) is 0 Å². The van der Waals surface area contributed by atoms with Crippen LogP contribution in [0, 0.1) is 6.92 Å². The molecular weight excluding hydrogens is 362 g/mol. The standard InChI is InChI=1S/C20H17N3OS2/c1-12-7-9-14(10-8-12)17-11-25-20(22-17)26-13(2)18-21-16-6-4-3-5-15(16)19(24)23-18/h3-11,13H,1-2H3,(H,21,23,24)/t13-/m1/s1. The first-order valence-corrected chi connectivity index (χ1v) is 10.0. The van der Waals surface area contributed by atoms with Crippen LogP contribution in [0.25, 0.3) is 22.2 Å². The number of benzene rings is 2. The van der Waals surface area contributed by atoms with Crippen LogP contribution in [0.5, 0.6) is 0 Å². The number of nitrogens with one attached hydrogen (secondary N) is 1. The fraction of sp³-hybridized carbons (Fsp3) is 0.150. The zero-order valence-electron chi connectivity index (χ0n) is 14.4. The van der Waals surface area contributed by atoms with Crippen LogP contribution in [0.4, 0.5) is 0 Å². The summed E-state index contributed by atoms with van der Waals surface area (Å²) in [7, 11) is 0. The second-order valence-corrected chi connectivity index (χ2v) is 8.54. The van der Waals surface area contributed by atoms with Gasteiger partial charge in [0.15, 0.2) is 4.34 Å². The van der Waals surface area contributed by atoms with E-state index < -0.39 is 0 Å². The number of nitrogens with zero attached hydrogens (tertiary/aromatic N) is 2. The van der Waals surface area contributed by atoms with Crippen LogP contribution < -0.4 is 5.56 Å². The number of H-pyrrole nitrogens is 1. The van der Waals surface area contributed by atoms with E-state index in [4.69, 9.17) is 4.98 Å². The number of fused-ring (bicyclic) bond motifs is 1. The number of rotatable bonds is 4. The van der Waals surface area contributed by atoms with Crippen molar-refractivity contribution in [1.29, 1.82) is 0 Å². The number of thiazole rings is 1. The van der Waals surface area contributed by atoms with Crippen molar-refractivity contribution in [3.05, 3.63) is 75.7 Å². The molecule has 2 heterocycles. The van der Waals surface area contributed by atoms with Gasteiger partial charge >= 0.3 is 0 Å². The van der Waals surface area contributed by atoms with Gasteiger partial charge in [0, 0.05) is 10.9 Å². The zero-order valence-corrected chi connectivity index (χ0v) is 16.0. The fourth-order valence-corrected chi connectivity index (χ4v) is 4.70. The van der Waals surface area contributed by atoms with Gasteiger partial charge in [-0.3, -0.25) is 4.79 Å². The van der Waals surface area contributed by atoms with Gasteiger partial charge < -0.3 is 4.98 Å². The topological polar surface area (TPSA) is 58.6 Å². The van der Waals surface area contributed by atoms with Crippen LogP contribution in [0.1, 0.15) is 23.6 Å². The number of para-hydroxylation sites is 1. The fourth-order valence-electron chi connectivity index (χ4n) is 2.67. The molecule has 0 spiro atoms. The SMILES string of the molecule is Cc1ccc(-c2csc(S[C@H](C)c3nc4ccccc4c(=O)[nH]3)n2)cc1. The van der Waals surface area contributed by atoms with E-state index in [0.29, 0.717) is 11.2 Å². The Kier molecular flexibility index (Phi) is 4.61. The van der Waals surface area contributed by atoms with E-state index in [9.17, 15) is 4.79 Å². The maximum absolute atomic E-state index is 12.3. The van der Waals surface area contributed by atoms with Gasteiger partial charge in [0.2, 0.25) is 0 Å². The van der Waals surface area contributed by atoms with Gasteiger partial charge in [0.1, 0.15) is 5.82 Å². The van der Waals surface area contributed by atoms with Crippen LogP contribution in [0.3, 0.4) is 0 Å². The first kappa shape index (κ1) is 17.0. The lowest BCUT2D eigenvalue weighted by Gasteiger charge is -2.09. The molecule has 2 aromatic carbocycles. The van der Waals surface area contributed by atoms with Crippen molar-refractivity contribution in [3.63, 3.8) is 0 Å². The van der Waals surface area contributed by atoms with Crippen molar-refractivity contribution in [3.8, 4) is 11.3 Å². The minimum Gasteiger partial charge on any atom is -0.309 e. The van der Waals surface area contributed by atoms with E-state index in [0.717, 1.165) is 21.1 Å². The molecule has 6 heteroatoms. The number of hydrogen-bond acceptors (Lipinski definition) is 5. The van der Waals surface area contributed by atoms with Crippen molar-refractivity contribution < 1.29 is 0 Å². The van der Waals surface area contributed by atoms with Crippen molar-refractivity contribution in [2.75, 3.05) is 0 Å². The molecule has 130 valence electrons. The lowest BCUT2D eigenvalue weighted by Crippen LogP contribution is -2.12. The molecule has 1 atom stereocenters. The van der Waals surface area contributed by atoms with Crippen LogP contribution in [0.2, 0.25) is 0 Å². The van der Waals surface area contributed by atoms with E-state index in [1.807, 2.05) is 25.1 Å². The number of aryl methyl sites for hydroxylation is 1. The summed E-state index contributed by atoms with van der Waals surface area (Å²) >= 11 is 3.22. The molecule has 0 unspecified atom stereocenters. The summed E-state index contributed by atoms with van der Waals surface area (Å²) in [6, 6.07) is 15.8. The Balaban J connectivity index is 1.58. The molecular formula is C20H17N3OS2. The van der Waals surface area contributed by atoms with Gasteiger partial charge in [-0.2, -0.15) is 0 Å². The second-order valence-electron chi connectivity index (χ2n) is 6.09. The van der Waals surface area contributed by atoms with Gasteiger partial charge in [-0.25, -0.2) is 9.97 Å². The largest absolute Gasteiger partial charge is 0.309 e. The average Bonchev–Trinajstić information content (AvgIpc) is 3.10.